The van der Waals surface area contributed by atoms with Gasteiger partial charge in [0.15, 0.2) is 24.8 Å². The second kappa shape index (κ2) is 10.5. The smallest absolute Gasteiger partial charge is 0.261 e. The second-order valence-corrected chi connectivity index (χ2v) is 12.8. The molecule has 0 saturated carbocycles. The molecule has 3 aromatic rings. The summed E-state index contributed by atoms with van der Waals surface area (Å²) < 4.78 is 50.2. The molecule has 3 rings (SSSR count). The molecule has 1 amide bonds. The summed E-state index contributed by atoms with van der Waals surface area (Å²) >= 11 is 1.19. The van der Waals surface area contributed by atoms with Crippen molar-refractivity contribution in [3.63, 3.8) is 0 Å². The van der Waals surface area contributed by atoms with Crippen LogP contribution in [-0.2, 0) is 19.7 Å². The molecule has 8 nitrogen and oxygen atoms in total. The van der Waals surface area contributed by atoms with Gasteiger partial charge in [-0.15, -0.1) is 12.4 Å². The highest BCUT2D eigenvalue weighted by Gasteiger charge is 2.28. The Balaban J connectivity index is 0.00000385. The van der Waals surface area contributed by atoms with Gasteiger partial charge in [0.05, 0.1) is 25.8 Å². The molecule has 0 saturated heterocycles. The van der Waals surface area contributed by atoms with E-state index in [2.05, 4.69) is 4.98 Å². The van der Waals surface area contributed by atoms with Crippen molar-refractivity contribution in [1.29, 1.82) is 0 Å². The van der Waals surface area contributed by atoms with E-state index >= 15 is 0 Å². The first-order valence-corrected chi connectivity index (χ1v) is 14.2. The standard InChI is InChI=1S/C21H25N3O5S3.ClH/c1-5-32(28,29)17-11-7-6-9-15(17)20(25)24(14-13-23(2)3)21-22-19-16(30-21)10-8-12-18(19)31(4,26)27;/h6-12H,5,13-14H2,1-4H3;1H. The van der Waals surface area contributed by atoms with Crippen LogP contribution in [0.15, 0.2) is 52.3 Å². The van der Waals surface area contributed by atoms with Crippen LogP contribution >= 0.6 is 23.7 Å². The number of anilines is 1. The van der Waals surface area contributed by atoms with Crippen LogP contribution in [0, 0.1) is 0 Å². The number of hydrogen-bond acceptors (Lipinski definition) is 8. The van der Waals surface area contributed by atoms with Crippen molar-refractivity contribution in [3.05, 3.63) is 48.0 Å². The Morgan fingerprint density at radius 3 is 2.21 bits per heavy atom. The Hall–Kier alpha value is -2.05. The van der Waals surface area contributed by atoms with E-state index in [-0.39, 0.29) is 40.1 Å². The van der Waals surface area contributed by atoms with Crippen molar-refractivity contribution >= 4 is 64.7 Å². The third-order valence-electron chi connectivity index (χ3n) is 4.85. The minimum Gasteiger partial charge on any atom is -0.308 e. The third kappa shape index (κ3) is 5.90. The van der Waals surface area contributed by atoms with E-state index in [9.17, 15) is 21.6 Å². The number of carbonyl (C=O) groups is 1. The molecule has 0 aliphatic rings. The van der Waals surface area contributed by atoms with E-state index < -0.39 is 25.6 Å². The molecule has 0 aliphatic heterocycles. The number of hydrogen-bond donors (Lipinski definition) is 0. The summed E-state index contributed by atoms with van der Waals surface area (Å²) in [5.41, 5.74) is 0.364. The summed E-state index contributed by atoms with van der Waals surface area (Å²) in [5, 5.41) is 0.312. The number of amides is 1. The number of aromatic nitrogens is 1. The average molecular weight is 532 g/mol. The molecule has 1 heterocycles. The van der Waals surface area contributed by atoms with E-state index in [4.69, 9.17) is 0 Å². The molecule has 33 heavy (non-hydrogen) atoms. The van der Waals surface area contributed by atoms with Crippen molar-refractivity contribution in [3.8, 4) is 0 Å². The van der Waals surface area contributed by atoms with Crippen molar-refractivity contribution in [2.75, 3.05) is 44.1 Å². The summed E-state index contributed by atoms with van der Waals surface area (Å²) in [5.74, 6) is -0.632. The number of rotatable bonds is 8. The van der Waals surface area contributed by atoms with Gasteiger partial charge in [-0.05, 0) is 38.4 Å². The van der Waals surface area contributed by atoms with E-state index in [1.54, 1.807) is 24.3 Å². The highest BCUT2D eigenvalue weighted by Crippen LogP contribution is 2.33. The summed E-state index contributed by atoms with van der Waals surface area (Å²) in [6.45, 7) is 2.28. The Morgan fingerprint density at radius 1 is 0.970 bits per heavy atom. The number of likely N-dealkylation sites (N-methyl/N-ethyl adjacent to an activating group) is 1. The molecular weight excluding hydrogens is 506 g/mol. The number of carbonyl (C=O) groups excluding carboxylic acids is 1. The van der Waals surface area contributed by atoms with Crippen molar-refractivity contribution in [1.82, 2.24) is 9.88 Å². The largest absolute Gasteiger partial charge is 0.308 e. The number of halogens is 1. The van der Waals surface area contributed by atoms with Crippen LogP contribution in [0.5, 0.6) is 0 Å². The highest BCUT2D eigenvalue weighted by molar-refractivity contribution is 7.91. The summed E-state index contributed by atoms with van der Waals surface area (Å²) in [4.78, 5) is 21.5. The monoisotopic (exact) mass is 531 g/mol. The van der Waals surface area contributed by atoms with E-state index in [1.807, 2.05) is 19.0 Å². The lowest BCUT2D eigenvalue weighted by molar-refractivity contribution is 0.0982. The number of sulfone groups is 2. The van der Waals surface area contributed by atoms with Crippen LogP contribution in [0.25, 0.3) is 10.2 Å². The molecule has 0 spiro atoms. The maximum Gasteiger partial charge on any atom is 0.261 e. The second-order valence-electron chi connectivity index (χ2n) is 7.53. The van der Waals surface area contributed by atoms with Gasteiger partial charge in [0.1, 0.15) is 5.52 Å². The van der Waals surface area contributed by atoms with Gasteiger partial charge in [-0.1, -0.05) is 36.5 Å². The lowest BCUT2D eigenvalue weighted by atomic mass is 10.2. The molecule has 12 heteroatoms. The number of fused-ring (bicyclic) bond motifs is 1. The number of para-hydroxylation sites is 1. The Kier molecular flexibility index (Phi) is 8.63. The SMILES string of the molecule is CCS(=O)(=O)c1ccccc1C(=O)N(CCN(C)C)c1nc2c(S(C)(=O)=O)cccc2s1.Cl. The van der Waals surface area contributed by atoms with Crippen LogP contribution < -0.4 is 4.90 Å². The number of nitrogens with zero attached hydrogens (tertiary/aromatic N) is 3. The van der Waals surface area contributed by atoms with E-state index in [0.29, 0.717) is 21.9 Å². The van der Waals surface area contributed by atoms with E-state index in [1.165, 1.54) is 41.4 Å². The molecule has 0 atom stereocenters. The van der Waals surface area contributed by atoms with Crippen LogP contribution in [0.1, 0.15) is 17.3 Å². The maximum absolute atomic E-state index is 13.6. The van der Waals surface area contributed by atoms with Crippen molar-refractivity contribution in [2.24, 2.45) is 0 Å². The van der Waals surface area contributed by atoms with Crippen LogP contribution in [0.2, 0.25) is 0 Å². The van der Waals surface area contributed by atoms with Gasteiger partial charge in [0.2, 0.25) is 0 Å². The molecule has 0 N–H and O–H groups in total. The van der Waals surface area contributed by atoms with Crippen molar-refractivity contribution < 1.29 is 21.6 Å². The van der Waals surface area contributed by atoms with Gasteiger partial charge < -0.3 is 4.90 Å². The van der Waals surface area contributed by atoms with Gasteiger partial charge in [-0.25, -0.2) is 21.8 Å². The Morgan fingerprint density at radius 2 is 1.61 bits per heavy atom. The first-order chi connectivity index (χ1) is 15.0. The fourth-order valence-corrected chi connectivity index (χ4v) is 6.13. The van der Waals surface area contributed by atoms with Gasteiger partial charge in [-0.3, -0.25) is 9.69 Å². The lowest BCUT2D eigenvalue weighted by Crippen LogP contribution is -2.37. The van der Waals surface area contributed by atoms with Gasteiger partial charge in [-0.2, -0.15) is 0 Å². The molecule has 0 radical (unpaired) electrons. The van der Waals surface area contributed by atoms with Crippen molar-refractivity contribution in [2.45, 2.75) is 16.7 Å². The zero-order valence-electron chi connectivity index (χ0n) is 18.7. The third-order valence-corrected chi connectivity index (χ3v) is 8.81. The van der Waals surface area contributed by atoms with E-state index in [0.717, 1.165) is 6.26 Å². The fraction of sp³-hybridized carbons (Fsp3) is 0.333. The normalized spacial score (nSPS) is 12.0. The zero-order valence-corrected chi connectivity index (χ0v) is 21.9. The minimum atomic E-state index is -3.63. The average Bonchev–Trinajstić information content (AvgIpc) is 3.16. The van der Waals surface area contributed by atoms with Gasteiger partial charge in [0.25, 0.3) is 5.91 Å². The molecule has 0 bridgehead atoms. The predicted octanol–water partition coefficient (Wildman–Crippen LogP) is 3.12. The topological polar surface area (TPSA) is 105 Å². The highest BCUT2D eigenvalue weighted by atomic mass is 35.5. The summed E-state index contributed by atoms with van der Waals surface area (Å²) in [6, 6.07) is 11.0. The van der Waals surface area contributed by atoms with Crippen LogP contribution in [0.3, 0.4) is 0 Å². The molecule has 0 fully saturated rings. The van der Waals surface area contributed by atoms with Crippen LogP contribution in [0.4, 0.5) is 5.13 Å². The Labute approximate surface area is 204 Å². The van der Waals surface area contributed by atoms with Gasteiger partial charge in [0, 0.05) is 19.3 Å². The zero-order chi connectivity index (χ0) is 23.7. The fourth-order valence-electron chi connectivity index (χ4n) is 3.13. The maximum atomic E-state index is 13.6. The lowest BCUT2D eigenvalue weighted by Gasteiger charge is -2.23. The number of benzene rings is 2. The molecule has 2 aromatic carbocycles. The molecule has 1 aromatic heterocycles. The summed E-state index contributed by atoms with van der Waals surface area (Å²) in [6.07, 6.45) is 1.11. The first kappa shape index (κ1) is 27.2. The first-order valence-electron chi connectivity index (χ1n) is 9.83. The molecular formula is C21H26ClN3O5S3. The van der Waals surface area contributed by atoms with Gasteiger partial charge >= 0.3 is 0 Å². The predicted molar refractivity (Wildman–Crippen MR) is 134 cm³/mol. The molecule has 0 unspecified atom stereocenters. The Bertz CT molecular complexity index is 1370. The molecule has 0 aliphatic carbocycles. The molecule has 180 valence electrons. The number of thiazole rings is 1. The minimum absolute atomic E-state index is 0. The summed E-state index contributed by atoms with van der Waals surface area (Å²) in [7, 11) is -3.42. The quantitative estimate of drug-likeness (QED) is 0.439. The van der Waals surface area contributed by atoms with Crippen LogP contribution in [-0.4, -0.2) is 71.8 Å².